The Hall–Kier alpha value is -2.16. The maximum absolute atomic E-state index is 13.3. The van der Waals surface area contributed by atoms with Crippen LogP contribution in [0.5, 0.6) is 0 Å². The minimum Gasteiger partial charge on any atom is -0.313 e. The summed E-state index contributed by atoms with van der Waals surface area (Å²) in [6.45, 7) is -0.594. The van der Waals surface area contributed by atoms with Crippen LogP contribution in [-0.2, 0) is 10.3 Å². The first-order valence-corrected chi connectivity index (χ1v) is 6.92. The Balaban J connectivity index is 2.28. The molecule has 0 aromatic heterocycles. The van der Waals surface area contributed by atoms with Crippen LogP contribution in [0, 0.1) is 16.0 Å². The molecule has 6 nitrogen and oxygen atoms in total. The molecule has 2 aliphatic heterocycles. The van der Waals surface area contributed by atoms with E-state index in [-0.39, 0.29) is 5.56 Å². The summed E-state index contributed by atoms with van der Waals surface area (Å²) in [6.07, 6.45) is -4.76. The second-order valence-corrected chi connectivity index (χ2v) is 5.91. The molecule has 3 rings (SSSR count). The number of hydrogen-bond acceptors (Lipinski definition) is 4. The van der Waals surface area contributed by atoms with Crippen LogP contribution in [0.4, 0.5) is 18.9 Å². The zero-order valence-electron chi connectivity index (χ0n) is 12.4. The molecule has 9 heteroatoms. The Morgan fingerprint density at radius 2 is 1.91 bits per heavy atom. The number of nitro groups is 1. The predicted octanol–water partition coefficient (Wildman–Crippen LogP) is 1.63. The van der Waals surface area contributed by atoms with Gasteiger partial charge in [-0.25, -0.2) is 0 Å². The molecule has 2 heterocycles. The van der Waals surface area contributed by atoms with Gasteiger partial charge in [-0.3, -0.25) is 19.8 Å². The number of rotatable bonds is 1. The van der Waals surface area contributed by atoms with Crippen molar-refractivity contribution in [2.75, 3.05) is 25.5 Å². The van der Waals surface area contributed by atoms with Gasteiger partial charge < -0.3 is 4.90 Å². The third-order valence-corrected chi connectivity index (χ3v) is 4.84. The van der Waals surface area contributed by atoms with Crippen molar-refractivity contribution in [1.29, 1.82) is 0 Å². The van der Waals surface area contributed by atoms with Crippen LogP contribution in [0.15, 0.2) is 24.3 Å². The third kappa shape index (κ3) is 1.82. The number of likely N-dealkylation sites (tertiary alicyclic amines) is 1. The van der Waals surface area contributed by atoms with Gasteiger partial charge in [0.05, 0.1) is 0 Å². The number of carbonyl (C=O) groups excluding carboxylic acids is 1. The fourth-order valence-electron chi connectivity index (χ4n) is 3.86. The summed E-state index contributed by atoms with van der Waals surface area (Å²) in [6, 6.07) is 4.19. The molecule has 2 aliphatic rings. The lowest BCUT2D eigenvalue weighted by molar-refractivity contribution is -0.546. The number of hydrogen-bond donors (Lipinski definition) is 0. The Morgan fingerprint density at radius 1 is 1.30 bits per heavy atom. The average molecular weight is 329 g/mol. The number of alkyl halides is 3. The highest BCUT2D eigenvalue weighted by atomic mass is 19.4. The molecule has 0 bridgehead atoms. The van der Waals surface area contributed by atoms with Crippen LogP contribution >= 0.6 is 0 Å². The highest BCUT2D eigenvalue weighted by Gasteiger charge is 2.74. The molecule has 23 heavy (non-hydrogen) atoms. The number of amides is 1. The topological polar surface area (TPSA) is 66.7 Å². The van der Waals surface area contributed by atoms with Gasteiger partial charge in [0.15, 0.2) is 5.54 Å². The number of likely N-dealkylation sites (N-methyl/N-ethyl adjacent to an activating group) is 2. The van der Waals surface area contributed by atoms with Crippen LogP contribution in [-0.4, -0.2) is 48.6 Å². The number of halogens is 3. The SMILES string of the molecule is CN1C(=O)[C@]2(c3ccccc31)[C@@H]([N+](=O)[O-])[C@H](C(F)(F)F)CN2C. The molecule has 0 aliphatic carbocycles. The van der Waals surface area contributed by atoms with Crippen LogP contribution in [0.25, 0.3) is 0 Å². The highest BCUT2D eigenvalue weighted by molar-refractivity contribution is 6.08. The van der Waals surface area contributed by atoms with Gasteiger partial charge in [0.1, 0.15) is 5.92 Å². The predicted molar refractivity (Wildman–Crippen MR) is 74.5 cm³/mol. The molecule has 0 N–H and O–H groups in total. The molecule has 1 spiro atoms. The minimum absolute atomic E-state index is 0.253. The molecule has 124 valence electrons. The van der Waals surface area contributed by atoms with Crippen LogP contribution in [0.2, 0.25) is 0 Å². The van der Waals surface area contributed by atoms with Crippen molar-refractivity contribution in [3.63, 3.8) is 0 Å². The van der Waals surface area contributed by atoms with Gasteiger partial charge in [-0.1, -0.05) is 18.2 Å². The monoisotopic (exact) mass is 329 g/mol. The fraction of sp³-hybridized carbons (Fsp3) is 0.500. The lowest BCUT2D eigenvalue weighted by Gasteiger charge is -2.31. The third-order valence-electron chi connectivity index (χ3n) is 4.84. The molecule has 0 saturated carbocycles. The van der Waals surface area contributed by atoms with E-state index in [2.05, 4.69) is 0 Å². The number of benzene rings is 1. The van der Waals surface area contributed by atoms with E-state index in [9.17, 15) is 28.1 Å². The lowest BCUT2D eigenvalue weighted by Crippen LogP contribution is -2.56. The standard InChI is InChI=1S/C14H14F3N3O3/c1-18-7-9(14(15,16)17)11(20(22)23)13(18)8-5-3-4-6-10(8)19(2)12(13)21/h3-6,9,11H,7H2,1-2H3/t9-,11+,13+/m1/s1. The Bertz CT molecular complexity index is 693. The van der Waals surface area contributed by atoms with E-state index in [1.807, 2.05) is 0 Å². The summed E-state index contributed by atoms with van der Waals surface area (Å²) < 4.78 is 40.0. The smallest absolute Gasteiger partial charge is 0.313 e. The summed E-state index contributed by atoms with van der Waals surface area (Å²) in [4.78, 5) is 25.7. The van der Waals surface area contributed by atoms with Crippen molar-refractivity contribution >= 4 is 11.6 Å². The first kappa shape index (κ1) is 15.7. The maximum Gasteiger partial charge on any atom is 0.399 e. The van der Waals surface area contributed by atoms with Crippen LogP contribution in [0.3, 0.4) is 0 Å². The van der Waals surface area contributed by atoms with Crippen molar-refractivity contribution in [2.24, 2.45) is 5.92 Å². The number of fused-ring (bicyclic) bond motifs is 2. The van der Waals surface area contributed by atoms with E-state index >= 15 is 0 Å². The number of carbonyl (C=O) groups is 1. The first-order chi connectivity index (χ1) is 10.6. The molecule has 1 saturated heterocycles. The van der Waals surface area contributed by atoms with Crippen molar-refractivity contribution < 1.29 is 22.9 Å². The van der Waals surface area contributed by atoms with Crippen molar-refractivity contribution in [3.05, 3.63) is 39.9 Å². The van der Waals surface area contributed by atoms with Crippen LogP contribution < -0.4 is 4.90 Å². The largest absolute Gasteiger partial charge is 0.399 e. The number of anilines is 1. The van der Waals surface area contributed by atoms with E-state index in [0.717, 1.165) is 0 Å². The second kappa shape index (κ2) is 4.67. The van der Waals surface area contributed by atoms with E-state index in [4.69, 9.17) is 0 Å². The zero-order chi connectivity index (χ0) is 17.2. The molecule has 1 amide bonds. The van der Waals surface area contributed by atoms with Crippen molar-refractivity contribution in [1.82, 2.24) is 4.90 Å². The average Bonchev–Trinajstić information content (AvgIpc) is 2.90. The fourth-order valence-corrected chi connectivity index (χ4v) is 3.86. The van der Waals surface area contributed by atoms with Gasteiger partial charge >= 0.3 is 6.18 Å². The van der Waals surface area contributed by atoms with E-state index < -0.39 is 41.1 Å². The molecule has 1 aromatic carbocycles. The molecule has 0 radical (unpaired) electrons. The second-order valence-electron chi connectivity index (χ2n) is 5.91. The first-order valence-electron chi connectivity index (χ1n) is 6.92. The van der Waals surface area contributed by atoms with Gasteiger partial charge in [-0.15, -0.1) is 0 Å². The molecule has 1 aromatic rings. The van der Waals surface area contributed by atoms with Gasteiger partial charge in [0.25, 0.3) is 11.9 Å². The Kier molecular flexibility index (Phi) is 3.19. The number of nitrogens with zero attached hydrogens (tertiary/aromatic N) is 3. The maximum atomic E-state index is 13.3. The van der Waals surface area contributed by atoms with Crippen LogP contribution in [0.1, 0.15) is 5.56 Å². The van der Waals surface area contributed by atoms with E-state index in [0.29, 0.717) is 5.69 Å². The summed E-state index contributed by atoms with van der Waals surface area (Å²) in [5.74, 6) is -2.90. The van der Waals surface area contributed by atoms with Crippen molar-refractivity contribution in [2.45, 2.75) is 17.8 Å². The van der Waals surface area contributed by atoms with Gasteiger partial charge in [0, 0.05) is 29.8 Å². The molecular formula is C14H14F3N3O3. The summed E-state index contributed by atoms with van der Waals surface area (Å²) in [5, 5.41) is 11.5. The quantitative estimate of drug-likeness (QED) is 0.580. The van der Waals surface area contributed by atoms with Gasteiger partial charge in [-0.05, 0) is 13.1 Å². The highest BCUT2D eigenvalue weighted by Crippen LogP contribution is 2.54. The van der Waals surface area contributed by atoms with Gasteiger partial charge in [-0.2, -0.15) is 13.2 Å². The summed E-state index contributed by atoms with van der Waals surface area (Å²) in [5.41, 5.74) is -1.27. The Morgan fingerprint density at radius 3 is 2.48 bits per heavy atom. The summed E-state index contributed by atoms with van der Waals surface area (Å²) >= 11 is 0. The molecule has 1 fully saturated rings. The molecular weight excluding hydrogens is 315 g/mol. The molecule has 3 atom stereocenters. The van der Waals surface area contributed by atoms with E-state index in [1.165, 1.54) is 30.0 Å². The lowest BCUT2D eigenvalue weighted by atomic mass is 9.81. The zero-order valence-corrected chi connectivity index (χ0v) is 12.4. The number of para-hydroxylation sites is 1. The summed E-state index contributed by atoms with van der Waals surface area (Å²) in [7, 11) is 2.75. The normalized spacial score (nSPS) is 31.0. The van der Waals surface area contributed by atoms with Gasteiger partial charge in [0.2, 0.25) is 0 Å². The molecule has 0 unspecified atom stereocenters. The Labute approximate surface area is 129 Å². The minimum atomic E-state index is -4.76. The van der Waals surface area contributed by atoms with E-state index in [1.54, 1.807) is 18.2 Å². The van der Waals surface area contributed by atoms with Crippen molar-refractivity contribution in [3.8, 4) is 0 Å².